The highest BCUT2D eigenvalue weighted by Crippen LogP contribution is 2.28. The molecule has 0 aliphatic rings. The molecule has 33 heavy (non-hydrogen) atoms. The molecule has 3 aromatic carbocycles. The molecule has 0 aliphatic heterocycles. The van der Waals surface area contributed by atoms with Gasteiger partial charge in [0.15, 0.2) is 17.3 Å². The number of nitrogens with zero attached hydrogens (tertiary/aromatic N) is 4. The van der Waals surface area contributed by atoms with Crippen molar-refractivity contribution < 1.29 is 14.3 Å². The number of carbonyl (C=O) groups excluding carboxylic acids is 1. The summed E-state index contributed by atoms with van der Waals surface area (Å²) in [5.74, 6) is 1.89. The molecule has 0 saturated carbocycles. The molecule has 0 atom stereocenters. The largest absolute Gasteiger partial charge is 0.493 e. The van der Waals surface area contributed by atoms with E-state index in [1.807, 2.05) is 78.9 Å². The number of hydrogen-bond acceptors (Lipinski definition) is 5. The van der Waals surface area contributed by atoms with Gasteiger partial charge in [-0.25, -0.2) is 9.67 Å². The first-order valence-corrected chi connectivity index (χ1v) is 10.6. The first-order chi connectivity index (χ1) is 16.1. The summed E-state index contributed by atoms with van der Waals surface area (Å²) in [4.78, 5) is 19.4. The van der Waals surface area contributed by atoms with Gasteiger partial charge in [0.05, 0.1) is 19.9 Å². The first kappa shape index (κ1) is 22.1. The molecule has 7 nitrogen and oxygen atoms in total. The van der Waals surface area contributed by atoms with E-state index in [0.717, 1.165) is 16.8 Å². The van der Waals surface area contributed by atoms with Crippen molar-refractivity contribution in [3.63, 3.8) is 0 Å². The Labute approximate surface area is 193 Å². The van der Waals surface area contributed by atoms with Crippen LogP contribution >= 0.6 is 0 Å². The van der Waals surface area contributed by atoms with E-state index >= 15 is 0 Å². The second-order valence-corrected chi connectivity index (χ2v) is 7.54. The van der Waals surface area contributed by atoms with Crippen LogP contribution in [0.1, 0.15) is 16.2 Å². The van der Waals surface area contributed by atoms with Crippen LogP contribution in [-0.4, -0.2) is 53.4 Å². The summed E-state index contributed by atoms with van der Waals surface area (Å²) in [6.07, 6.45) is 0.660. The highest BCUT2D eigenvalue weighted by atomic mass is 16.5. The molecule has 4 rings (SSSR count). The van der Waals surface area contributed by atoms with Gasteiger partial charge < -0.3 is 14.4 Å². The minimum absolute atomic E-state index is 0.160. The van der Waals surface area contributed by atoms with Crippen LogP contribution in [0.3, 0.4) is 0 Å². The third kappa shape index (κ3) is 4.87. The average Bonchev–Trinajstić information content (AvgIpc) is 3.33. The molecule has 0 bridgehead atoms. The van der Waals surface area contributed by atoms with Crippen LogP contribution in [0.4, 0.5) is 0 Å². The molecular weight excluding hydrogens is 416 g/mol. The van der Waals surface area contributed by atoms with Crippen molar-refractivity contribution in [3.05, 3.63) is 90.3 Å². The number of amides is 1. The molecule has 4 aromatic rings. The number of ether oxygens (including phenoxy) is 2. The van der Waals surface area contributed by atoms with E-state index in [0.29, 0.717) is 30.3 Å². The number of likely N-dealkylation sites (N-methyl/N-ethyl adjacent to an activating group) is 1. The van der Waals surface area contributed by atoms with Gasteiger partial charge in [0, 0.05) is 19.2 Å². The summed E-state index contributed by atoms with van der Waals surface area (Å²) in [5.41, 5.74) is 2.77. The van der Waals surface area contributed by atoms with Crippen molar-refractivity contribution in [2.75, 3.05) is 27.8 Å². The van der Waals surface area contributed by atoms with Crippen molar-refractivity contribution in [2.24, 2.45) is 0 Å². The Morgan fingerprint density at radius 1 is 0.909 bits per heavy atom. The maximum Gasteiger partial charge on any atom is 0.293 e. The predicted molar refractivity (Wildman–Crippen MR) is 127 cm³/mol. The third-order valence-corrected chi connectivity index (χ3v) is 5.36. The molecule has 0 radical (unpaired) electrons. The number of aromatic nitrogens is 3. The zero-order valence-corrected chi connectivity index (χ0v) is 18.9. The predicted octanol–water partition coefficient (Wildman–Crippen LogP) is 4.27. The average molecular weight is 443 g/mol. The first-order valence-electron chi connectivity index (χ1n) is 10.6. The maximum atomic E-state index is 13.2. The lowest BCUT2D eigenvalue weighted by molar-refractivity contribution is 0.0784. The van der Waals surface area contributed by atoms with E-state index in [1.54, 1.807) is 30.8 Å². The van der Waals surface area contributed by atoms with Crippen molar-refractivity contribution >= 4 is 5.91 Å². The SMILES string of the molecule is COc1ccc(CCN(C)C(=O)c2nc(-c3ccccc3)n(-c3ccccc3)n2)cc1OC. The number of benzene rings is 3. The van der Waals surface area contributed by atoms with Crippen LogP contribution in [-0.2, 0) is 6.42 Å². The molecule has 0 saturated heterocycles. The van der Waals surface area contributed by atoms with Crippen LogP contribution in [0.5, 0.6) is 11.5 Å². The van der Waals surface area contributed by atoms with Crippen molar-refractivity contribution in [3.8, 4) is 28.6 Å². The molecule has 0 fully saturated rings. The van der Waals surface area contributed by atoms with Crippen LogP contribution in [0.15, 0.2) is 78.9 Å². The van der Waals surface area contributed by atoms with Gasteiger partial charge in [0.25, 0.3) is 5.91 Å². The minimum atomic E-state index is -0.234. The Balaban J connectivity index is 1.56. The normalized spacial score (nSPS) is 10.6. The van der Waals surface area contributed by atoms with Gasteiger partial charge in [-0.05, 0) is 36.2 Å². The fraction of sp³-hybridized carbons (Fsp3) is 0.192. The highest BCUT2D eigenvalue weighted by molar-refractivity contribution is 5.91. The lowest BCUT2D eigenvalue weighted by Gasteiger charge is -2.16. The molecule has 1 aromatic heterocycles. The monoisotopic (exact) mass is 442 g/mol. The smallest absolute Gasteiger partial charge is 0.293 e. The lowest BCUT2D eigenvalue weighted by Crippen LogP contribution is -2.29. The second kappa shape index (κ2) is 9.99. The van der Waals surface area contributed by atoms with E-state index in [2.05, 4.69) is 10.1 Å². The van der Waals surface area contributed by atoms with E-state index < -0.39 is 0 Å². The molecule has 168 valence electrons. The quantitative estimate of drug-likeness (QED) is 0.408. The van der Waals surface area contributed by atoms with E-state index in [4.69, 9.17) is 9.47 Å². The molecule has 1 heterocycles. The van der Waals surface area contributed by atoms with Crippen LogP contribution in [0, 0.1) is 0 Å². The number of hydrogen-bond donors (Lipinski definition) is 0. The third-order valence-electron chi connectivity index (χ3n) is 5.36. The number of carbonyl (C=O) groups is 1. The number of para-hydroxylation sites is 1. The van der Waals surface area contributed by atoms with Gasteiger partial charge in [-0.15, -0.1) is 5.10 Å². The molecule has 0 aliphatic carbocycles. The molecule has 1 amide bonds. The maximum absolute atomic E-state index is 13.2. The second-order valence-electron chi connectivity index (χ2n) is 7.54. The van der Waals surface area contributed by atoms with Gasteiger partial charge in [0.2, 0.25) is 5.82 Å². The Morgan fingerprint density at radius 3 is 2.24 bits per heavy atom. The van der Waals surface area contributed by atoms with Crippen molar-refractivity contribution in [1.29, 1.82) is 0 Å². The van der Waals surface area contributed by atoms with Crippen molar-refractivity contribution in [2.45, 2.75) is 6.42 Å². The molecular formula is C26H26N4O3. The molecule has 7 heteroatoms. The number of methoxy groups -OCH3 is 2. The Hall–Kier alpha value is -4.13. The van der Waals surface area contributed by atoms with Crippen LogP contribution in [0.25, 0.3) is 17.1 Å². The minimum Gasteiger partial charge on any atom is -0.493 e. The fourth-order valence-corrected chi connectivity index (χ4v) is 3.53. The number of rotatable bonds is 8. The van der Waals surface area contributed by atoms with E-state index in [9.17, 15) is 4.79 Å². The Morgan fingerprint density at radius 2 is 1.58 bits per heavy atom. The Kier molecular flexibility index (Phi) is 6.69. The summed E-state index contributed by atoms with van der Waals surface area (Å²) in [7, 11) is 4.97. The zero-order valence-electron chi connectivity index (χ0n) is 18.9. The summed E-state index contributed by atoms with van der Waals surface area (Å²) in [6, 6.07) is 25.2. The van der Waals surface area contributed by atoms with Gasteiger partial charge in [-0.1, -0.05) is 54.6 Å². The summed E-state index contributed by atoms with van der Waals surface area (Å²) in [5, 5.41) is 4.56. The molecule has 0 spiro atoms. The van der Waals surface area contributed by atoms with E-state index in [1.165, 1.54) is 0 Å². The van der Waals surface area contributed by atoms with E-state index in [-0.39, 0.29) is 11.7 Å². The highest BCUT2D eigenvalue weighted by Gasteiger charge is 2.21. The van der Waals surface area contributed by atoms with Gasteiger partial charge >= 0.3 is 0 Å². The van der Waals surface area contributed by atoms with Crippen molar-refractivity contribution in [1.82, 2.24) is 19.7 Å². The summed E-state index contributed by atoms with van der Waals surface area (Å²) < 4.78 is 12.4. The zero-order chi connectivity index (χ0) is 23.2. The molecule has 0 unspecified atom stereocenters. The lowest BCUT2D eigenvalue weighted by atomic mass is 10.1. The molecule has 0 N–H and O–H groups in total. The van der Waals surface area contributed by atoms with Gasteiger partial charge in [0.1, 0.15) is 0 Å². The van der Waals surface area contributed by atoms with Gasteiger partial charge in [-0.2, -0.15) is 0 Å². The van der Waals surface area contributed by atoms with Crippen LogP contribution in [0.2, 0.25) is 0 Å². The summed E-state index contributed by atoms with van der Waals surface area (Å²) in [6.45, 7) is 0.509. The van der Waals surface area contributed by atoms with Crippen LogP contribution < -0.4 is 9.47 Å². The standard InChI is InChI=1S/C26H26N4O3/c1-29(17-16-19-14-15-22(32-2)23(18-19)33-3)26(31)24-27-25(20-10-6-4-7-11-20)30(28-24)21-12-8-5-9-13-21/h4-15,18H,16-17H2,1-3H3. The van der Waals surface area contributed by atoms with Gasteiger partial charge in [-0.3, -0.25) is 4.79 Å². The fourth-order valence-electron chi connectivity index (χ4n) is 3.53. The summed E-state index contributed by atoms with van der Waals surface area (Å²) >= 11 is 0. The Bertz CT molecular complexity index is 1170. The topological polar surface area (TPSA) is 69.5 Å².